The number of hydrogen-bond acceptors (Lipinski definition) is 4. The first-order valence-electron chi connectivity index (χ1n) is 7.47. The summed E-state index contributed by atoms with van der Waals surface area (Å²) in [6.45, 7) is 0.653. The van der Waals surface area contributed by atoms with Crippen molar-refractivity contribution >= 4 is 15.9 Å². The van der Waals surface area contributed by atoms with Gasteiger partial charge in [-0.25, -0.2) is 17.6 Å². The molecular weight excluding hydrogens is 323 g/mol. The number of sulfone groups is 1. The van der Waals surface area contributed by atoms with Crippen LogP contribution in [0.1, 0.15) is 12.8 Å². The first-order chi connectivity index (χ1) is 10.9. The van der Waals surface area contributed by atoms with E-state index in [1.807, 2.05) is 0 Å². The molecule has 1 aliphatic rings. The number of carbonyl (C=O) groups is 1. The molecule has 0 aliphatic carbocycles. The van der Waals surface area contributed by atoms with Gasteiger partial charge in [-0.3, -0.25) is 0 Å². The minimum atomic E-state index is -3.02. The van der Waals surface area contributed by atoms with Crippen molar-refractivity contribution in [2.45, 2.75) is 18.9 Å². The molecule has 0 saturated carbocycles. The molecule has 23 heavy (non-hydrogen) atoms. The smallest absolute Gasteiger partial charge is 0.317 e. The maximum absolute atomic E-state index is 13.3. The molecule has 0 unspecified atom stereocenters. The van der Waals surface area contributed by atoms with E-state index < -0.39 is 15.7 Å². The normalized spacial score (nSPS) is 19.3. The molecule has 0 spiro atoms. The van der Waals surface area contributed by atoms with Gasteiger partial charge in [0.25, 0.3) is 0 Å². The van der Waals surface area contributed by atoms with Crippen LogP contribution in [0.4, 0.5) is 9.18 Å². The van der Waals surface area contributed by atoms with Gasteiger partial charge in [-0.05, 0) is 25.0 Å². The van der Waals surface area contributed by atoms with Crippen LogP contribution in [0.5, 0.6) is 5.75 Å². The quantitative estimate of drug-likeness (QED) is 0.792. The Balaban J connectivity index is 1.66. The van der Waals surface area contributed by atoms with Crippen molar-refractivity contribution in [3.63, 3.8) is 0 Å². The summed E-state index contributed by atoms with van der Waals surface area (Å²) in [6.07, 6.45) is 1.000. The molecule has 1 saturated heterocycles. The summed E-state index contributed by atoms with van der Waals surface area (Å²) in [4.78, 5) is 13.4. The lowest BCUT2D eigenvalue weighted by Crippen LogP contribution is -2.44. The topological polar surface area (TPSA) is 75.7 Å². The van der Waals surface area contributed by atoms with Crippen LogP contribution < -0.4 is 10.1 Å². The zero-order valence-corrected chi connectivity index (χ0v) is 13.8. The van der Waals surface area contributed by atoms with E-state index in [-0.39, 0.29) is 35.9 Å². The lowest BCUT2D eigenvalue weighted by molar-refractivity contribution is 0.194. The number of urea groups is 1. The molecule has 0 bridgehead atoms. The number of carbonyl (C=O) groups excluding carboxylic acids is 1. The zero-order valence-electron chi connectivity index (χ0n) is 13.0. The van der Waals surface area contributed by atoms with Gasteiger partial charge in [0, 0.05) is 19.6 Å². The van der Waals surface area contributed by atoms with Crippen molar-refractivity contribution in [3.05, 3.63) is 30.1 Å². The van der Waals surface area contributed by atoms with Crippen molar-refractivity contribution in [1.82, 2.24) is 10.2 Å². The summed E-state index contributed by atoms with van der Waals surface area (Å²) in [5.74, 6) is -0.0789. The molecular formula is C15H21FN2O4S. The maximum Gasteiger partial charge on any atom is 0.317 e. The molecule has 0 radical (unpaired) electrons. The lowest BCUT2D eigenvalue weighted by atomic mass is 10.2. The second-order valence-electron chi connectivity index (χ2n) is 5.53. The summed E-state index contributed by atoms with van der Waals surface area (Å²) >= 11 is 0. The Labute approximate surface area is 135 Å². The van der Waals surface area contributed by atoms with Crippen LogP contribution in [-0.2, 0) is 9.84 Å². The second-order valence-corrected chi connectivity index (χ2v) is 7.76. The molecule has 1 aliphatic heterocycles. The van der Waals surface area contributed by atoms with Crippen LogP contribution in [0.25, 0.3) is 0 Å². The van der Waals surface area contributed by atoms with E-state index in [0.29, 0.717) is 19.4 Å². The van der Waals surface area contributed by atoms with Crippen LogP contribution in [0, 0.1) is 5.82 Å². The van der Waals surface area contributed by atoms with Gasteiger partial charge < -0.3 is 15.0 Å². The van der Waals surface area contributed by atoms with Gasteiger partial charge >= 0.3 is 6.03 Å². The SMILES string of the molecule is CN(C(=O)NCCCOc1ccccc1F)[C@@H]1CCS(=O)(=O)C1. The van der Waals surface area contributed by atoms with Crippen molar-refractivity contribution < 1.29 is 22.3 Å². The molecule has 128 valence electrons. The molecule has 8 heteroatoms. The highest BCUT2D eigenvalue weighted by Gasteiger charge is 2.32. The fourth-order valence-corrected chi connectivity index (χ4v) is 4.16. The Morgan fingerprint density at radius 2 is 2.17 bits per heavy atom. The summed E-state index contributed by atoms with van der Waals surface area (Å²) in [6, 6.07) is 5.56. The summed E-state index contributed by atoms with van der Waals surface area (Å²) < 4.78 is 41.5. The van der Waals surface area contributed by atoms with Crippen LogP contribution in [0.2, 0.25) is 0 Å². The third-order valence-electron chi connectivity index (χ3n) is 3.77. The molecule has 0 aromatic heterocycles. The Kier molecular flexibility index (Phi) is 5.81. The minimum Gasteiger partial charge on any atom is -0.490 e. The molecule has 1 aromatic carbocycles. The number of hydrogen-bond donors (Lipinski definition) is 1. The number of ether oxygens (including phenoxy) is 1. The van der Waals surface area contributed by atoms with Crippen molar-refractivity contribution in [2.75, 3.05) is 31.7 Å². The van der Waals surface area contributed by atoms with Crippen LogP contribution in [-0.4, -0.2) is 57.1 Å². The summed E-state index contributed by atoms with van der Waals surface area (Å²) in [5.41, 5.74) is 0. The average Bonchev–Trinajstić information content (AvgIpc) is 2.87. The second kappa shape index (κ2) is 7.63. The highest BCUT2D eigenvalue weighted by atomic mass is 32.2. The largest absolute Gasteiger partial charge is 0.490 e. The highest BCUT2D eigenvalue weighted by Crippen LogP contribution is 2.17. The van der Waals surface area contributed by atoms with Crippen LogP contribution in [0.3, 0.4) is 0 Å². The van der Waals surface area contributed by atoms with Gasteiger partial charge in [0.1, 0.15) is 0 Å². The Bertz CT molecular complexity index is 651. The highest BCUT2D eigenvalue weighted by molar-refractivity contribution is 7.91. The van der Waals surface area contributed by atoms with E-state index >= 15 is 0 Å². The fraction of sp³-hybridized carbons (Fsp3) is 0.533. The summed E-state index contributed by atoms with van der Waals surface area (Å²) in [5, 5.41) is 2.71. The van der Waals surface area contributed by atoms with E-state index in [1.54, 1.807) is 25.2 Å². The third kappa shape index (κ3) is 5.09. The number of halogens is 1. The van der Waals surface area contributed by atoms with E-state index in [1.165, 1.54) is 11.0 Å². The van der Waals surface area contributed by atoms with Gasteiger partial charge in [0.15, 0.2) is 21.4 Å². The van der Waals surface area contributed by atoms with Crippen LogP contribution >= 0.6 is 0 Å². The monoisotopic (exact) mass is 344 g/mol. The van der Waals surface area contributed by atoms with Crippen molar-refractivity contribution in [2.24, 2.45) is 0 Å². The number of nitrogens with one attached hydrogen (secondary N) is 1. The number of benzene rings is 1. The third-order valence-corrected chi connectivity index (χ3v) is 5.52. The predicted molar refractivity (Wildman–Crippen MR) is 84.7 cm³/mol. The van der Waals surface area contributed by atoms with Crippen molar-refractivity contribution in [1.29, 1.82) is 0 Å². The Morgan fingerprint density at radius 3 is 2.83 bits per heavy atom. The molecule has 1 N–H and O–H groups in total. The maximum atomic E-state index is 13.3. The molecule has 1 heterocycles. The van der Waals surface area contributed by atoms with Gasteiger partial charge in [-0.15, -0.1) is 0 Å². The fourth-order valence-electron chi connectivity index (χ4n) is 2.38. The van der Waals surface area contributed by atoms with E-state index in [2.05, 4.69) is 5.32 Å². The van der Waals surface area contributed by atoms with Crippen molar-refractivity contribution in [3.8, 4) is 5.75 Å². The first kappa shape index (κ1) is 17.5. The molecule has 1 fully saturated rings. The minimum absolute atomic E-state index is 0.0211. The van der Waals surface area contributed by atoms with Gasteiger partial charge in [0.05, 0.1) is 18.1 Å². The molecule has 6 nitrogen and oxygen atoms in total. The summed E-state index contributed by atoms with van der Waals surface area (Å²) in [7, 11) is -1.42. The van der Waals surface area contributed by atoms with Gasteiger partial charge in [0.2, 0.25) is 0 Å². The number of nitrogens with zero attached hydrogens (tertiary/aromatic N) is 1. The number of para-hydroxylation sites is 1. The molecule has 1 aromatic rings. The van der Waals surface area contributed by atoms with E-state index in [4.69, 9.17) is 4.74 Å². The van der Waals surface area contributed by atoms with Crippen LogP contribution in [0.15, 0.2) is 24.3 Å². The molecule has 2 amide bonds. The van der Waals surface area contributed by atoms with Gasteiger partial charge in [-0.2, -0.15) is 0 Å². The predicted octanol–water partition coefficient (Wildman–Crippen LogP) is 1.42. The zero-order chi connectivity index (χ0) is 16.9. The molecule has 1 atom stereocenters. The Morgan fingerprint density at radius 1 is 1.43 bits per heavy atom. The first-order valence-corrected chi connectivity index (χ1v) is 9.29. The lowest BCUT2D eigenvalue weighted by Gasteiger charge is -2.23. The van der Waals surface area contributed by atoms with E-state index in [0.717, 1.165) is 0 Å². The number of rotatable bonds is 6. The van der Waals surface area contributed by atoms with E-state index in [9.17, 15) is 17.6 Å². The average molecular weight is 344 g/mol. The standard InChI is InChI=1S/C15H21FN2O4S/c1-18(12-7-10-23(20,21)11-12)15(19)17-8-4-9-22-14-6-3-2-5-13(14)16/h2-3,5-6,12H,4,7-11H2,1H3,(H,17,19)/t12-/m1/s1. The Hall–Kier alpha value is -1.83. The van der Waals surface area contributed by atoms with Gasteiger partial charge in [-0.1, -0.05) is 12.1 Å². The number of amides is 2. The molecule has 2 rings (SSSR count).